The van der Waals surface area contributed by atoms with Gasteiger partial charge >= 0.3 is 0 Å². The Morgan fingerprint density at radius 3 is 2.60 bits per heavy atom. The number of aromatic nitrogens is 2. The quantitative estimate of drug-likeness (QED) is 0.742. The standard InChI is InChI=1S/C14H12Br2ClN3/c1-18-14-11(16)12(7-2-3-7)19-13(20-14)8-4-5-9(15)10(17)6-8/h4-7H,2-3H2,1H3,(H,18,19,20). The van der Waals surface area contributed by atoms with Gasteiger partial charge in [-0.05, 0) is 62.9 Å². The zero-order valence-electron chi connectivity index (χ0n) is 10.8. The van der Waals surface area contributed by atoms with Crippen LogP contribution in [-0.4, -0.2) is 17.0 Å². The fraction of sp³-hybridized carbons (Fsp3) is 0.286. The van der Waals surface area contributed by atoms with E-state index in [4.69, 9.17) is 16.6 Å². The normalized spacial score (nSPS) is 14.4. The Morgan fingerprint density at radius 2 is 2.00 bits per heavy atom. The summed E-state index contributed by atoms with van der Waals surface area (Å²) in [5.41, 5.74) is 2.00. The Balaban J connectivity index is 2.12. The highest BCUT2D eigenvalue weighted by Gasteiger charge is 2.29. The lowest BCUT2D eigenvalue weighted by atomic mass is 10.2. The first-order valence-corrected chi connectivity index (χ1v) is 8.27. The minimum absolute atomic E-state index is 0.546. The minimum Gasteiger partial charge on any atom is -0.372 e. The maximum Gasteiger partial charge on any atom is 0.161 e. The SMILES string of the molecule is CNc1nc(-c2ccc(Br)c(Cl)c2)nc(C2CC2)c1Br. The summed E-state index contributed by atoms with van der Waals surface area (Å²) in [6, 6.07) is 5.76. The minimum atomic E-state index is 0.546. The predicted molar refractivity (Wildman–Crippen MR) is 89.4 cm³/mol. The molecule has 6 heteroatoms. The summed E-state index contributed by atoms with van der Waals surface area (Å²) in [5.74, 6) is 2.06. The van der Waals surface area contributed by atoms with E-state index >= 15 is 0 Å². The summed E-state index contributed by atoms with van der Waals surface area (Å²) in [4.78, 5) is 9.27. The molecule has 0 aliphatic heterocycles. The van der Waals surface area contributed by atoms with Crippen LogP contribution < -0.4 is 5.32 Å². The molecule has 1 fully saturated rings. The lowest BCUT2D eigenvalue weighted by molar-refractivity contribution is 0.980. The molecule has 3 rings (SSSR count). The van der Waals surface area contributed by atoms with Gasteiger partial charge in [0.15, 0.2) is 5.82 Å². The second-order valence-electron chi connectivity index (χ2n) is 4.75. The van der Waals surface area contributed by atoms with E-state index in [1.54, 1.807) is 0 Å². The van der Waals surface area contributed by atoms with Gasteiger partial charge in [-0.1, -0.05) is 11.6 Å². The molecule has 0 spiro atoms. The van der Waals surface area contributed by atoms with Gasteiger partial charge in [0.05, 0.1) is 15.2 Å². The van der Waals surface area contributed by atoms with Crippen molar-refractivity contribution in [2.24, 2.45) is 0 Å². The second-order valence-corrected chi connectivity index (χ2v) is 6.80. The topological polar surface area (TPSA) is 37.8 Å². The molecular weight excluding hydrogens is 405 g/mol. The molecule has 1 aliphatic rings. The zero-order chi connectivity index (χ0) is 14.3. The number of halogens is 3. The van der Waals surface area contributed by atoms with Crippen molar-refractivity contribution in [2.45, 2.75) is 18.8 Å². The van der Waals surface area contributed by atoms with Gasteiger partial charge in [-0.2, -0.15) is 0 Å². The van der Waals surface area contributed by atoms with Gasteiger partial charge in [0.1, 0.15) is 5.82 Å². The molecule has 0 radical (unpaired) electrons. The second kappa shape index (κ2) is 5.62. The number of hydrogen-bond acceptors (Lipinski definition) is 3. The average Bonchev–Trinajstić information content (AvgIpc) is 3.27. The van der Waals surface area contributed by atoms with E-state index in [0.717, 1.165) is 26.0 Å². The number of rotatable bonds is 3. The van der Waals surface area contributed by atoms with E-state index in [-0.39, 0.29) is 0 Å². The van der Waals surface area contributed by atoms with Crippen LogP contribution in [0.4, 0.5) is 5.82 Å². The lowest BCUT2D eigenvalue weighted by Crippen LogP contribution is -2.02. The fourth-order valence-corrected chi connectivity index (χ4v) is 3.15. The van der Waals surface area contributed by atoms with Crippen LogP contribution in [0.5, 0.6) is 0 Å². The molecule has 0 atom stereocenters. The van der Waals surface area contributed by atoms with Crippen LogP contribution in [0.3, 0.4) is 0 Å². The first-order valence-electron chi connectivity index (χ1n) is 6.30. The van der Waals surface area contributed by atoms with Crippen molar-refractivity contribution in [3.05, 3.63) is 37.9 Å². The number of benzene rings is 1. The Labute approximate surface area is 139 Å². The summed E-state index contributed by atoms with van der Waals surface area (Å²) in [6.45, 7) is 0. The van der Waals surface area contributed by atoms with Gasteiger partial charge in [-0.3, -0.25) is 0 Å². The van der Waals surface area contributed by atoms with Gasteiger partial charge in [0.2, 0.25) is 0 Å². The van der Waals surface area contributed by atoms with Crippen molar-refractivity contribution in [1.29, 1.82) is 0 Å². The zero-order valence-corrected chi connectivity index (χ0v) is 14.7. The van der Waals surface area contributed by atoms with Crippen molar-refractivity contribution in [2.75, 3.05) is 12.4 Å². The van der Waals surface area contributed by atoms with Gasteiger partial charge in [0, 0.05) is 23.0 Å². The first kappa shape index (κ1) is 14.3. The molecule has 0 amide bonds. The summed E-state index contributed by atoms with van der Waals surface area (Å²) < 4.78 is 1.84. The Kier molecular flexibility index (Phi) is 4.02. The highest BCUT2D eigenvalue weighted by molar-refractivity contribution is 9.11. The van der Waals surface area contributed by atoms with Crippen molar-refractivity contribution < 1.29 is 0 Å². The molecule has 1 N–H and O–H groups in total. The van der Waals surface area contributed by atoms with E-state index in [0.29, 0.717) is 16.8 Å². The van der Waals surface area contributed by atoms with Crippen molar-refractivity contribution in [3.8, 4) is 11.4 Å². The largest absolute Gasteiger partial charge is 0.372 e. The van der Waals surface area contributed by atoms with Crippen molar-refractivity contribution >= 4 is 49.3 Å². The molecular formula is C14H12Br2ClN3. The smallest absolute Gasteiger partial charge is 0.161 e. The molecule has 1 aliphatic carbocycles. The molecule has 0 saturated heterocycles. The molecule has 0 bridgehead atoms. The maximum atomic E-state index is 6.16. The molecule has 2 aromatic rings. The number of hydrogen-bond donors (Lipinski definition) is 1. The van der Waals surface area contributed by atoms with Crippen LogP contribution >= 0.6 is 43.5 Å². The van der Waals surface area contributed by atoms with Crippen LogP contribution in [0.2, 0.25) is 5.02 Å². The summed E-state index contributed by atoms with van der Waals surface area (Å²) in [7, 11) is 1.86. The monoisotopic (exact) mass is 415 g/mol. The third-order valence-corrected chi connectivity index (χ3v) is 5.27. The Bertz CT molecular complexity index is 672. The average molecular weight is 418 g/mol. The number of anilines is 1. The molecule has 20 heavy (non-hydrogen) atoms. The molecule has 0 unspecified atom stereocenters. The molecule has 1 heterocycles. The summed E-state index contributed by atoms with van der Waals surface area (Å²) in [5, 5.41) is 3.77. The predicted octanol–water partition coefficient (Wildman–Crippen LogP) is 5.24. The third kappa shape index (κ3) is 2.71. The molecule has 104 valence electrons. The van der Waals surface area contributed by atoms with Crippen molar-refractivity contribution in [1.82, 2.24) is 9.97 Å². The Morgan fingerprint density at radius 1 is 1.25 bits per heavy atom. The van der Waals surface area contributed by atoms with Crippen LogP contribution in [0.1, 0.15) is 24.5 Å². The van der Waals surface area contributed by atoms with Crippen LogP contribution in [0, 0.1) is 0 Å². The third-order valence-electron chi connectivity index (χ3n) is 3.26. The van der Waals surface area contributed by atoms with Crippen molar-refractivity contribution in [3.63, 3.8) is 0 Å². The molecule has 1 saturated carbocycles. The highest BCUT2D eigenvalue weighted by atomic mass is 79.9. The number of nitrogens with zero attached hydrogens (tertiary/aromatic N) is 2. The van der Waals surface area contributed by atoms with E-state index in [1.807, 2.05) is 25.2 Å². The van der Waals surface area contributed by atoms with E-state index < -0.39 is 0 Å². The van der Waals surface area contributed by atoms with E-state index in [9.17, 15) is 0 Å². The van der Waals surface area contributed by atoms with Gasteiger partial charge in [-0.25, -0.2) is 9.97 Å². The fourth-order valence-electron chi connectivity index (χ4n) is 2.02. The van der Waals surface area contributed by atoms with Gasteiger partial charge < -0.3 is 5.32 Å². The molecule has 1 aromatic heterocycles. The van der Waals surface area contributed by atoms with Crippen LogP contribution in [-0.2, 0) is 0 Å². The van der Waals surface area contributed by atoms with Gasteiger partial charge in [-0.15, -0.1) is 0 Å². The van der Waals surface area contributed by atoms with Crippen LogP contribution in [0.25, 0.3) is 11.4 Å². The lowest BCUT2D eigenvalue weighted by Gasteiger charge is -2.11. The van der Waals surface area contributed by atoms with E-state index in [1.165, 1.54) is 12.8 Å². The van der Waals surface area contributed by atoms with Gasteiger partial charge in [0.25, 0.3) is 0 Å². The van der Waals surface area contributed by atoms with E-state index in [2.05, 4.69) is 42.2 Å². The molecule has 1 aromatic carbocycles. The highest BCUT2D eigenvalue weighted by Crippen LogP contribution is 2.44. The maximum absolute atomic E-state index is 6.16. The van der Waals surface area contributed by atoms with Crippen LogP contribution in [0.15, 0.2) is 27.1 Å². The number of nitrogens with one attached hydrogen (secondary N) is 1. The summed E-state index contributed by atoms with van der Waals surface area (Å²) >= 11 is 13.1. The Hall–Kier alpha value is -0.650. The molecule has 3 nitrogen and oxygen atoms in total. The summed E-state index contributed by atoms with van der Waals surface area (Å²) in [6.07, 6.45) is 2.39. The first-order chi connectivity index (χ1) is 9.60.